The third-order valence-electron chi connectivity index (χ3n) is 2.52. The molecule has 1 rings (SSSR count). The van der Waals surface area contributed by atoms with Gasteiger partial charge < -0.3 is 15.8 Å². The van der Waals surface area contributed by atoms with Gasteiger partial charge in [-0.1, -0.05) is 15.9 Å². The lowest BCUT2D eigenvalue weighted by Crippen LogP contribution is -2.32. The SMILES string of the molecule is COC(=O)C(N)CCSCC(=O)Nc1ccc(Br)cc1F. The molecule has 0 aromatic heterocycles. The smallest absolute Gasteiger partial charge is 0.322 e. The minimum Gasteiger partial charge on any atom is -0.468 e. The number of benzene rings is 1. The van der Waals surface area contributed by atoms with Gasteiger partial charge in [-0.05, 0) is 30.4 Å². The molecule has 0 aliphatic rings. The lowest BCUT2D eigenvalue weighted by molar-refractivity contribution is -0.142. The first-order valence-electron chi connectivity index (χ1n) is 6.10. The van der Waals surface area contributed by atoms with E-state index >= 15 is 0 Å². The van der Waals surface area contributed by atoms with Crippen molar-refractivity contribution in [1.82, 2.24) is 0 Å². The molecule has 0 bridgehead atoms. The zero-order chi connectivity index (χ0) is 15.8. The van der Waals surface area contributed by atoms with E-state index in [1.807, 2.05) is 0 Å². The largest absolute Gasteiger partial charge is 0.468 e. The monoisotopic (exact) mass is 378 g/mol. The Kier molecular flexibility index (Phi) is 7.69. The van der Waals surface area contributed by atoms with Crippen LogP contribution in [0.1, 0.15) is 6.42 Å². The Morgan fingerprint density at radius 2 is 2.24 bits per heavy atom. The highest BCUT2D eigenvalue weighted by Crippen LogP contribution is 2.19. The molecular weight excluding hydrogens is 363 g/mol. The molecule has 1 aromatic rings. The zero-order valence-electron chi connectivity index (χ0n) is 11.4. The molecule has 0 saturated heterocycles. The normalized spacial score (nSPS) is 11.8. The Bertz CT molecular complexity index is 516. The highest BCUT2D eigenvalue weighted by molar-refractivity contribution is 9.10. The molecule has 0 spiro atoms. The van der Waals surface area contributed by atoms with Crippen LogP contribution >= 0.6 is 27.7 Å². The summed E-state index contributed by atoms with van der Waals surface area (Å²) < 4.78 is 18.6. The Morgan fingerprint density at radius 3 is 2.86 bits per heavy atom. The second-order valence-electron chi connectivity index (χ2n) is 4.14. The maximum atomic E-state index is 13.5. The Labute approximate surface area is 134 Å². The van der Waals surface area contributed by atoms with E-state index in [1.165, 1.54) is 31.0 Å². The first-order chi connectivity index (χ1) is 9.93. The second-order valence-corrected chi connectivity index (χ2v) is 6.16. The summed E-state index contributed by atoms with van der Waals surface area (Å²) in [5.41, 5.74) is 5.69. The molecule has 5 nitrogen and oxygen atoms in total. The summed E-state index contributed by atoms with van der Waals surface area (Å²) in [5, 5.41) is 2.48. The maximum absolute atomic E-state index is 13.5. The lowest BCUT2D eigenvalue weighted by Gasteiger charge is -2.09. The van der Waals surface area contributed by atoms with E-state index in [0.29, 0.717) is 16.6 Å². The highest BCUT2D eigenvalue weighted by atomic mass is 79.9. The van der Waals surface area contributed by atoms with Crippen molar-refractivity contribution in [2.45, 2.75) is 12.5 Å². The number of anilines is 1. The summed E-state index contributed by atoms with van der Waals surface area (Å²) in [6.45, 7) is 0. The number of carbonyl (C=O) groups excluding carboxylic acids is 2. The van der Waals surface area contributed by atoms with Crippen LogP contribution in [-0.4, -0.2) is 36.5 Å². The van der Waals surface area contributed by atoms with Gasteiger partial charge in [-0.3, -0.25) is 9.59 Å². The number of ether oxygens (including phenoxy) is 1. The minimum absolute atomic E-state index is 0.134. The predicted octanol–water partition coefficient (Wildman–Crippen LogP) is 2.15. The number of hydrogen-bond donors (Lipinski definition) is 2. The molecule has 0 radical (unpaired) electrons. The van der Waals surface area contributed by atoms with Crippen molar-refractivity contribution in [3.05, 3.63) is 28.5 Å². The van der Waals surface area contributed by atoms with Crippen molar-refractivity contribution in [2.24, 2.45) is 5.73 Å². The second kappa shape index (κ2) is 9.01. The molecule has 0 aliphatic carbocycles. The van der Waals surface area contributed by atoms with E-state index in [-0.39, 0.29) is 17.3 Å². The van der Waals surface area contributed by atoms with Gasteiger partial charge in [0.2, 0.25) is 5.91 Å². The van der Waals surface area contributed by atoms with Crippen LogP contribution in [0.4, 0.5) is 10.1 Å². The minimum atomic E-state index is -0.686. The van der Waals surface area contributed by atoms with E-state index in [1.54, 1.807) is 6.07 Å². The van der Waals surface area contributed by atoms with Crippen LogP contribution in [-0.2, 0) is 14.3 Å². The van der Waals surface area contributed by atoms with Crippen molar-refractivity contribution in [3.63, 3.8) is 0 Å². The molecule has 0 aliphatic heterocycles. The molecule has 1 amide bonds. The summed E-state index contributed by atoms with van der Waals surface area (Å²) >= 11 is 4.45. The van der Waals surface area contributed by atoms with E-state index in [4.69, 9.17) is 5.73 Å². The van der Waals surface area contributed by atoms with E-state index in [9.17, 15) is 14.0 Å². The lowest BCUT2D eigenvalue weighted by atomic mass is 10.2. The van der Waals surface area contributed by atoms with Gasteiger partial charge in [0.25, 0.3) is 0 Å². The van der Waals surface area contributed by atoms with Gasteiger partial charge in [0.1, 0.15) is 11.9 Å². The Hall–Kier alpha value is -1.12. The van der Waals surface area contributed by atoms with Crippen LogP contribution in [0.5, 0.6) is 0 Å². The average molecular weight is 379 g/mol. The number of rotatable bonds is 7. The molecule has 3 N–H and O–H groups in total. The van der Waals surface area contributed by atoms with Crippen molar-refractivity contribution in [3.8, 4) is 0 Å². The number of hydrogen-bond acceptors (Lipinski definition) is 5. The quantitative estimate of drug-likeness (QED) is 0.561. The van der Waals surface area contributed by atoms with Crippen molar-refractivity contribution in [2.75, 3.05) is 23.9 Å². The highest BCUT2D eigenvalue weighted by Gasteiger charge is 2.13. The maximum Gasteiger partial charge on any atom is 0.322 e. The Balaban J connectivity index is 2.30. The molecule has 0 fully saturated rings. The topological polar surface area (TPSA) is 81.4 Å². The predicted molar refractivity (Wildman–Crippen MR) is 84.7 cm³/mol. The van der Waals surface area contributed by atoms with Gasteiger partial charge in [0.05, 0.1) is 18.6 Å². The Morgan fingerprint density at radius 1 is 1.52 bits per heavy atom. The number of methoxy groups -OCH3 is 1. The number of amides is 1. The number of thioether (sulfide) groups is 1. The molecule has 21 heavy (non-hydrogen) atoms. The van der Waals surface area contributed by atoms with Gasteiger partial charge >= 0.3 is 5.97 Å². The fourth-order valence-corrected chi connectivity index (χ4v) is 2.58. The molecule has 116 valence electrons. The number of carbonyl (C=O) groups is 2. The van der Waals surface area contributed by atoms with E-state index in [0.717, 1.165) is 0 Å². The van der Waals surface area contributed by atoms with Crippen LogP contribution in [0.15, 0.2) is 22.7 Å². The van der Waals surface area contributed by atoms with Gasteiger partial charge in [0, 0.05) is 4.47 Å². The van der Waals surface area contributed by atoms with Crippen LogP contribution < -0.4 is 11.1 Å². The zero-order valence-corrected chi connectivity index (χ0v) is 13.8. The number of nitrogens with one attached hydrogen (secondary N) is 1. The number of nitrogens with two attached hydrogens (primary N) is 1. The van der Waals surface area contributed by atoms with Crippen molar-refractivity contribution >= 4 is 45.3 Å². The van der Waals surface area contributed by atoms with E-state index in [2.05, 4.69) is 26.0 Å². The van der Waals surface area contributed by atoms with Crippen LogP contribution in [0.25, 0.3) is 0 Å². The summed E-state index contributed by atoms with van der Waals surface area (Å²) in [4.78, 5) is 22.7. The summed E-state index contributed by atoms with van der Waals surface area (Å²) in [7, 11) is 1.27. The third-order valence-corrected chi connectivity index (χ3v) is 4.00. The fourth-order valence-electron chi connectivity index (χ4n) is 1.42. The first-order valence-corrected chi connectivity index (χ1v) is 8.05. The van der Waals surface area contributed by atoms with Crippen LogP contribution in [0, 0.1) is 5.82 Å². The number of halogens is 2. The third kappa shape index (κ3) is 6.45. The van der Waals surface area contributed by atoms with Gasteiger partial charge in [0.15, 0.2) is 0 Å². The molecule has 8 heteroatoms. The molecule has 1 aromatic carbocycles. The number of esters is 1. The van der Waals surface area contributed by atoms with Crippen LogP contribution in [0.3, 0.4) is 0 Å². The summed E-state index contributed by atoms with van der Waals surface area (Å²) in [6, 6.07) is 3.71. The molecule has 1 unspecified atom stereocenters. The molecule has 0 saturated carbocycles. The molecule has 1 atom stereocenters. The summed E-state index contributed by atoms with van der Waals surface area (Å²) in [6.07, 6.45) is 0.414. The van der Waals surface area contributed by atoms with E-state index < -0.39 is 17.8 Å². The molecular formula is C13H16BrFN2O3S. The van der Waals surface area contributed by atoms with Crippen molar-refractivity contribution in [1.29, 1.82) is 0 Å². The summed E-state index contributed by atoms with van der Waals surface area (Å²) in [5.74, 6) is -0.601. The standard InChI is InChI=1S/C13H16BrFN2O3S/c1-20-13(19)10(16)4-5-21-7-12(18)17-11-3-2-8(14)6-9(11)15/h2-3,6,10H,4-5,7,16H2,1H3,(H,17,18). The fraction of sp³-hybridized carbons (Fsp3) is 0.385. The average Bonchev–Trinajstić information content (AvgIpc) is 2.45. The van der Waals surface area contributed by atoms with Gasteiger partial charge in [-0.25, -0.2) is 4.39 Å². The first kappa shape index (κ1) is 17.9. The van der Waals surface area contributed by atoms with Gasteiger partial charge in [-0.2, -0.15) is 11.8 Å². The van der Waals surface area contributed by atoms with Gasteiger partial charge in [-0.15, -0.1) is 0 Å². The van der Waals surface area contributed by atoms with Crippen LogP contribution in [0.2, 0.25) is 0 Å². The van der Waals surface area contributed by atoms with Crippen molar-refractivity contribution < 1.29 is 18.7 Å². The molecule has 0 heterocycles.